The Morgan fingerprint density at radius 2 is 1.72 bits per heavy atom. The van der Waals surface area contributed by atoms with Gasteiger partial charge in [-0.25, -0.2) is 8.78 Å². The molecule has 2 aromatic carbocycles. The maximum Gasteiger partial charge on any atom is 0.312 e. The van der Waals surface area contributed by atoms with Crippen LogP contribution in [0, 0.1) is 17.6 Å². The van der Waals surface area contributed by atoms with E-state index in [1.807, 2.05) is 0 Å². The average Bonchev–Trinajstić information content (AvgIpc) is 3.26. The summed E-state index contributed by atoms with van der Waals surface area (Å²) in [4.78, 5) is 25.7. The van der Waals surface area contributed by atoms with Crippen molar-refractivity contribution < 1.29 is 23.5 Å². The van der Waals surface area contributed by atoms with E-state index in [1.165, 1.54) is 23.1 Å². The van der Waals surface area contributed by atoms with Gasteiger partial charge in [0.15, 0.2) is 0 Å². The molecule has 0 spiro atoms. The molecule has 1 aliphatic carbocycles. The van der Waals surface area contributed by atoms with Gasteiger partial charge in [0.1, 0.15) is 17.6 Å². The predicted molar refractivity (Wildman–Crippen MR) is 86.4 cm³/mol. The number of amides is 1. The van der Waals surface area contributed by atoms with Gasteiger partial charge >= 0.3 is 5.97 Å². The maximum absolute atomic E-state index is 13.9. The van der Waals surface area contributed by atoms with Gasteiger partial charge in [-0.05, 0) is 30.2 Å². The SMILES string of the molecule is O=C(O)[C@@H]1CN(C(=O)[C@H]2C[C@@H]2c2c(F)cccc2F)c2ccccc21. The Bertz CT molecular complexity index is 862. The number of para-hydroxylation sites is 1. The highest BCUT2D eigenvalue weighted by atomic mass is 19.1. The molecule has 1 N–H and O–H groups in total. The molecule has 1 amide bonds. The minimum absolute atomic E-state index is 0.0521. The molecular weight excluding hydrogens is 328 g/mol. The van der Waals surface area contributed by atoms with Crippen molar-refractivity contribution >= 4 is 17.6 Å². The van der Waals surface area contributed by atoms with E-state index < -0.39 is 35.4 Å². The molecule has 3 atom stereocenters. The summed E-state index contributed by atoms with van der Waals surface area (Å²) in [7, 11) is 0. The minimum Gasteiger partial charge on any atom is -0.481 e. The average molecular weight is 343 g/mol. The van der Waals surface area contributed by atoms with Crippen LogP contribution in [-0.2, 0) is 9.59 Å². The molecule has 0 aromatic heterocycles. The fourth-order valence-electron chi connectivity index (χ4n) is 3.68. The number of halogens is 2. The highest BCUT2D eigenvalue weighted by molar-refractivity contribution is 6.01. The van der Waals surface area contributed by atoms with Crippen LogP contribution in [0.4, 0.5) is 14.5 Å². The Morgan fingerprint density at radius 1 is 1.04 bits per heavy atom. The normalized spacial score (nSPS) is 24.1. The van der Waals surface area contributed by atoms with Crippen molar-refractivity contribution in [1.82, 2.24) is 0 Å². The Kier molecular flexibility index (Phi) is 3.56. The van der Waals surface area contributed by atoms with Crippen molar-refractivity contribution in [3.8, 4) is 0 Å². The summed E-state index contributed by atoms with van der Waals surface area (Å²) in [5, 5.41) is 9.38. The molecule has 25 heavy (non-hydrogen) atoms. The second-order valence-corrected chi connectivity index (χ2v) is 6.48. The van der Waals surface area contributed by atoms with Gasteiger partial charge in [-0.15, -0.1) is 0 Å². The molecule has 0 unspecified atom stereocenters. The molecule has 1 heterocycles. The second-order valence-electron chi connectivity index (χ2n) is 6.48. The number of hydrogen-bond acceptors (Lipinski definition) is 2. The van der Waals surface area contributed by atoms with Gasteiger partial charge in [0.05, 0.1) is 0 Å². The molecule has 0 bridgehead atoms. The summed E-state index contributed by atoms with van der Waals surface area (Å²) >= 11 is 0. The molecule has 1 saturated carbocycles. The molecule has 6 heteroatoms. The summed E-state index contributed by atoms with van der Waals surface area (Å²) in [5.74, 6) is -4.35. The third-order valence-electron chi connectivity index (χ3n) is 5.01. The molecule has 4 rings (SSSR count). The lowest BCUT2D eigenvalue weighted by Gasteiger charge is -2.17. The Hall–Kier alpha value is -2.76. The molecule has 1 fully saturated rings. The number of hydrogen-bond donors (Lipinski definition) is 1. The van der Waals surface area contributed by atoms with Gasteiger partial charge in [-0.2, -0.15) is 0 Å². The number of carbonyl (C=O) groups is 2. The first-order valence-electron chi connectivity index (χ1n) is 8.06. The van der Waals surface area contributed by atoms with Crippen LogP contribution in [0.1, 0.15) is 29.4 Å². The highest BCUT2D eigenvalue weighted by Crippen LogP contribution is 2.51. The summed E-state index contributed by atoms with van der Waals surface area (Å²) in [6, 6.07) is 10.5. The van der Waals surface area contributed by atoms with Crippen molar-refractivity contribution in [3.63, 3.8) is 0 Å². The van der Waals surface area contributed by atoms with Crippen molar-refractivity contribution in [1.29, 1.82) is 0 Å². The molecule has 2 aromatic rings. The Labute approximate surface area is 142 Å². The topological polar surface area (TPSA) is 57.6 Å². The smallest absolute Gasteiger partial charge is 0.312 e. The van der Waals surface area contributed by atoms with E-state index in [4.69, 9.17) is 0 Å². The van der Waals surface area contributed by atoms with Crippen LogP contribution in [0.15, 0.2) is 42.5 Å². The molecule has 0 radical (unpaired) electrons. The van der Waals surface area contributed by atoms with E-state index in [0.29, 0.717) is 17.7 Å². The summed E-state index contributed by atoms with van der Waals surface area (Å²) < 4.78 is 27.8. The number of benzene rings is 2. The van der Waals surface area contributed by atoms with E-state index in [1.54, 1.807) is 24.3 Å². The van der Waals surface area contributed by atoms with Crippen molar-refractivity contribution in [3.05, 3.63) is 65.2 Å². The van der Waals surface area contributed by atoms with Crippen LogP contribution in [0.2, 0.25) is 0 Å². The van der Waals surface area contributed by atoms with Crippen LogP contribution in [0.25, 0.3) is 0 Å². The lowest BCUT2D eigenvalue weighted by molar-refractivity contribution is -0.138. The van der Waals surface area contributed by atoms with Crippen LogP contribution >= 0.6 is 0 Å². The number of carbonyl (C=O) groups excluding carboxylic acids is 1. The van der Waals surface area contributed by atoms with Crippen molar-refractivity contribution in [2.45, 2.75) is 18.3 Å². The first kappa shape index (κ1) is 15.7. The fraction of sp³-hybridized carbons (Fsp3) is 0.263. The predicted octanol–water partition coefficient (Wildman–Crippen LogP) is 3.28. The number of aliphatic carboxylic acids is 1. The number of anilines is 1. The lowest BCUT2D eigenvalue weighted by atomic mass is 10.0. The molecular formula is C19H15F2NO3. The summed E-state index contributed by atoms with van der Waals surface area (Å²) in [5.41, 5.74) is 1.11. The van der Waals surface area contributed by atoms with Gasteiger partial charge in [0.2, 0.25) is 5.91 Å². The van der Waals surface area contributed by atoms with Crippen LogP contribution < -0.4 is 4.90 Å². The number of carboxylic acids is 1. The summed E-state index contributed by atoms with van der Waals surface area (Å²) in [6.07, 6.45) is 0.368. The zero-order valence-corrected chi connectivity index (χ0v) is 13.2. The number of carboxylic acid groups (broad SMARTS) is 1. The van der Waals surface area contributed by atoms with Crippen LogP contribution in [-0.4, -0.2) is 23.5 Å². The zero-order valence-electron chi connectivity index (χ0n) is 13.2. The minimum atomic E-state index is -0.991. The van der Waals surface area contributed by atoms with E-state index in [0.717, 1.165) is 0 Å². The molecule has 0 saturated heterocycles. The van der Waals surface area contributed by atoms with Gasteiger partial charge in [0, 0.05) is 29.6 Å². The van der Waals surface area contributed by atoms with Gasteiger partial charge < -0.3 is 10.0 Å². The van der Waals surface area contributed by atoms with E-state index in [9.17, 15) is 23.5 Å². The second kappa shape index (κ2) is 5.65. The first-order chi connectivity index (χ1) is 12.0. The zero-order chi connectivity index (χ0) is 17.7. The molecule has 128 valence electrons. The van der Waals surface area contributed by atoms with Crippen molar-refractivity contribution in [2.75, 3.05) is 11.4 Å². The largest absolute Gasteiger partial charge is 0.481 e. The lowest BCUT2D eigenvalue weighted by Crippen LogP contribution is -2.32. The van der Waals surface area contributed by atoms with Crippen molar-refractivity contribution in [2.24, 2.45) is 5.92 Å². The van der Waals surface area contributed by atoms with Crippen LogP contribution in [0.3, 0.4) is 0 Å². The number of rotatable bonds is 3. The standard InChI is InChI=1S/C19H15F2NO3/c20-14-5-3-6-15(21)17(14)11-8-12(11)18(23)22-9-13(19(24)25)10-4-1-2-7-16(10)22/h1-7,11-13H,8-9H2,(H,24,25)/t11-,12-,13+/m0/s1. The first-order valence-corrected chi connectivity index (χ1v) is 8.06. The maximum atomic E-state index is 13.9. The molecule has 1 aliphatic heterocycles. The molecule has 2 aliphatic rings. The van der Waals surface area contributed by atoms with E-state index in [2.05, 4.69) is 0 Å². The third kappa shape index (κ3) is 2.49. The Morgan fingerprint density at radius 3 is 2.40 bits per heavy atom. The Balaban J connectivity index is 1.60. The van der Waals surface area contributed by atoms with Crippen LogP contribution in [0.5, 0.6) is 0 Å². The number of nitrogens with zero attached hydrogens (tertiary/aromatic N) is 1. The quantitative estimate of drug-likeness (QED) is 0.930. The number of fused-ring (bicyclic) bond motifs is 1. The highest BCUT2D eigenvalue weighted by Gasteiger charge is 2.50. The summed E-state index contributed by atoms with van der Waals surface area (Å²) in [6.45, 7) is 0.0521. The molecule has 4 nitrogen and oxygen atoms in total. The van der Waals surface area contributed by atoms with Gasteiger partial charge in [-0.1, -0.05) is 24.3 Å². The third-order valence-corrected chi connectivity index (χ3v) is 5.01. The monoisotopic (exact) mass is 343 g/mol. The van der Waals surface area contributed by atoms with Gasteiger partial charge in [0.25, 0.3) is 0 Å². The van der Waals surface area contributed by atoms with E-state index >= 15 is 0 Å². The van der Waals surface area contributed by atoms with E-state index in [-0.39, 0.29) is 18.0 Å². The van der Waals surface area contributed by atoms with Gasteiger partial charge in [-0.3, -0.25) is 9.59 Å². The fourth-order valence-corrected chi connectivity index (χ4v) is 3.68.